The minimum absolute atomic E-state index is 0.0291. The van der Waals surface area contributed by atoms with Gasteiger partial charge in [-0.3, -0.25) is 9.89 Å². The predicted molar refractivity (Wildman–Crippen MR) is 87.4 cm³/mol. The number of aromatic nitrogens is 4. The van der Waals surface area contributed by atoms with Gasteiger partial charge < -0.3 is 11.1 Å². The van der Waals surface area contributed by atoms with Crippen molar-refractivity contribution in [1.29, 1.82) is 0 Å². The van der Waals surface area contributed by atoms with Crippen molar-refractivity contribution in [2.24, 2.45) is 11.8 Å². The van der Waals surface area contributed by atoms with Gasteiger partial charge in [-0.15, -0.1) is 0 Å². The molecule has 3 aromatic rings. The maximum absolute atomic E-state index is 12.0. The lowest BCUT2D eigenvalue weighted by atomic mass is 10.1. The number of fused-ring (bicyclic) bond motifs is 1. The van der Waals surface area contributed by atoms with Crippen molar-refractivity contribution in [3.05, 3.63) is 30.7 Å². The molecular formula is C16H16N6O. The smallest absolute Gasteiger partial charge is 0.228 e. The van der Waals surface area contributed by atoms with E-state index in [2.05, 4.69) is 32.4 Å². The highest BCUT2D eigenvalue weighted by atomic mass is 16.2. The van der Waals surface area contributed by atoms with E-state index in [1.807, 2.05) is 12.1 Å². The van der Waals surface area contributed by atoms with Crippen LogP contribution in [0.1, 0.15) is 13.3 Å². The molecule has 1 fully saturated rings. The number of amides is 1. The van der Waals surface area contributed by atoms with Gasteiger partial charge in [-0.05, 0) is 29.9 Å². The second-order valence-electron chi connectivity index (χ2n) is 5.98. The molecule has 116 valence electrons. The fraction of sp³-hybridized carbons (Fsp3) is 0.250. The third-order valence-corrected chi connectivity index (χ3v) is 4.24. The van der Waals surface area contributed by atoms with E-state index in [1.54, 1.807) is 18.6 Å². The van der Waals surface area contributed by atoms with E-state index >= 15 is 0 Å². The number of carbonyl (C=O) groups is 1. The number of hydrogen-bond donors (Lipinski definition) is 3. The average molecular weight is 308 g/mol. The Bertz CT molecular complexity index is 889. The summed E-state index contributed by atoms with van der Waals surface area (Å²) in [6.07, 6.45) is 6.03. The third-order valence-electron chi connectivity index (χ3n) is 4.24. The van der Waals surface area contributed by atoms with E-state index < -0.39 is 0 Å². The van der Waals surface area contributed by atoms with E-state index in [9.17, 15) is 4.79 Å². The molecule has 0 bridgehead atoms. The van der Waals surface area contributed by atoms with E-state index in [-0.39, 0.29) is 11.8 Å². The molecule has 1 saturated carbocycles. The Morgan fingerprint density at radius 2 is 2.22 bits per heavy atom. The van der Waals surface area contributed by atoms with Gasteiger partial charge in [0.25, 0.3) is 0 Å². The number of carbonyl (C=O) groups excluding carboxylic acids is 1. The van der Waals surface area contributed by atoms with Crippen LogP contribution in [0.3, 0.4) is 0 Å². The molecular weight excluding hydrogens is 292 g/mol. The molecule has 0 aliphatic heterocycles. The monoisotopic (exact) mass is 308 g/mol. The average Bonchev–Trinajstić information content (AvgIpc) is 3.03. The highest BCUT2D eigenvalue weighted by Crippen LogP contribution is 2.38. The van der Waals surface area contributed by atoms with Gasteiger partial charge in [-0.1, -0.05) is 6.92 Å². The van der Waals surface area contributed by atoms with Gasteiger partial charge in [0.1, 0.15) is 11.6 Å². The van der Waals surface area contributed by atoms with E-state index in [1.165, 1.54) is 0 Å². The van der Waals surface area contributed by atoms with Crippen molar-refractivity contribution in [1.82, 2.24) is 20.2 Å². The molecule has 23 heavy (non-hydrogen) atoms. The number of pyridine rings is 2. The SMILES string of the molecule is C[C@@H]1C[C@H]1C(=O)Nc1cc2cc(-c3cn[nH]c3)nc(N)c2cn1. The van der Waals surface area contributed by atoms with Crippen LogP contribution in [0.25, 0.3) is 22.0 Å². The number of hydrogen-bond acceptors (Lipinski definition) is 5. The first-order valence-corrected chi connectivity index (χ1v) is 7.48. The second-order valence-corrected chi connectivity index (χ2v) is 5.98. The lowest BCUT2D eigenvalue weighted by Gasteiger charge is -2.08. The van der Waals surface area contributed by atoms with Crippen molar-refractivity contribution in [3.8, 4) is 11.3 Å². The Morgan fingerprint density at radius 3 is 2.91 bits per heavy atom. The molecule has 0 unspecified atom stereocenters. The molecule has 1 amide bonds. The maximum atomic E-state index is 12.0. The molecule has 4 rings (SSSR count). The lowest BCUT2D eigenvalue weighted by Crippen LogP contribution is -2.15. The van der Waals surface area contributed by atoms with Crippen molar-refractivity contribution in [3.63, 3.8) is 0 Å². The summed E-state index contributed by atoms with van der Waals surface area (Å²) >= 11 is 0. The lowest BCUT2D eigenvalue weighted by molar-refractivity contribution is -0.117. The first-order valence-electron chi connectivity index (χ1n) is 7.48. The van der Waals surface area contributed by atoms with Crippen LogP contribution in [-0.4, -0.2) is 26.1 Å². The quantitative estimate of drug-likeness (QED) is 0.687. The summed E-state index contributed by atoms with van der Waals surface area (Å²) in [5, 5.41) is 11.2. The minimum Gasteiger partial charge on any atom is -0.383 e. The fourth-order valence-electron chi connectivity index (χ4n) is 2.69. The molecule has 3 heterocycles. The number of nitrogen functional groups attached to an aromatic ring is 1. The van der Waals surface area contributed by atoms with E-state index in [4.69, 9.17) is 5.73 Å². The summed E-state index contributed by atoms with van der Waals surface area (Å²) in [5.74, 6) is 1.53. The first-order chi connectivity index (χ1) is 11.1. The summed E-state index contributed by atoms with van der Waals surface area (Å²) in [4.78, 5) is 20.7. The van der Waals surface area contributed by atoms with Crippen LogP contribution < -0.4 is 11.1 Å². The maximum Gasteiger partial charge on any atom is 0.228 e. The molecule has 3 aromatic heterocycles. The standard InChI is InChI=1S/C16H16N6O/c1-8-2-11(8)16(23)22-14-4-9-3-13(10-5-19-20-6-10)21-15(17)12(9)7-18-14/h3-8,11H,2H2,1H3,(H2,17,21)(H,19,20)(H,18,22,23)/t8-,11-/m1/s1. The Hall–Kier alpha value is -2.96. The number of nitrogens with two attached hydrogens (primary N) is 1. The zero-order valence-corrected chi connectivity index (χ0v) is 12.6. The predicted octanol–water partition coefficient (Wildman–Crippen LogP) is 2.20. The molecule has 2 atom stereocenters. The number of anilines is 2. The van der Waals surface area contributed by atoms with Crippen LogP contribution in [0.4, 0.5) is 11.6 Å². The van der Waals surface area contributed by atoms with E-state index in [0.717, 1.165) is 28.5 Å². The molecule has 0 aromatic carbocycles. The summed E-state index contributed by atoms with van der Waals surface area (Å²) in [6, 6.07) is 3.73. The third kappa shape index (κ3) is 2.50. The zero-order valence-electron chi connectivity index (χ0n) is 12.6. The van der Waals surface area contributed by atoms with Crippen molar-refractivity contribution in [2.45, 2.75) is 13.3 Å². The van der Waals surface area contributed by atoms with Crippen LogP contribution in [0.5, 0.6) is 0 Å². The topological polar surface area (TPSA) is 110 Å². The molecule has 0 spiro atoms. The minimum atomic E-state index is 0.0291. The van der Waals surface area contributed by atoms with E-state index in [0.29, 0.717) is 17.6 Å². The number of H-pyrrole nitrogens is 1. The van der Waals surface area contributed by atoms with Gasteiger partial charge in [-0.25, -0.2) is 9.97 Å². The summed E-state index contributed by atoms with van der Waals surface area (Å²) < 4.78 is 0. The molecule has 1 aliphatic carbocycles. The van der Waals surface area contributed by atoms with Crippen LogP contribution in [-0.2, 0) is 4.79 Å². The van der Waals surface area contributed by atoms with Gasteiger partial charge in [0.2, 0.25) is 5.91 Å². The van der Waals surface area contributed by atoms with Crippen LogP contribution >= 0.6 is 0 Å². The van der Waals surface area contributed by atoms with Gasteiger partial charge >= 0.3 is 0 Å². The Kier molecular flexibility index (Phi) is 3.00. The second kappa shape index (κ2) is 5.05. The number of nitrogens with one attached hydrogen (secondary N) is 2. The highest BCUT2D eigenvalue weighted by molar-refractivity contribution is 5.98. The number of nitrogens with zero attached hydrogens (tertiary/aromatic N) is 3. The summed E-state index contributed by atoms with van der Waals surface area (Å²) in [5.41, 5.74) is 7.60. The van der Waals surface area contributed by atoms with Crippen LogP contribution in [0.2, 0.25) is 0 Å². The first kappa shape index (κ1) is 13.7. The Morgan fingerprint density at radius 1 is 1.39 bits per heavy atom. The van der Waals surface area contributed by atoms with Crippen LogP contribution in [0.15, 0.2) is 30.7 Å². The Balaban J connectivity index is 1.70. The summed E-state index contributed by atoms with van der Waals surface area (Å²) in [6.45, 7) is 2.07. The van der Waals surface area contributed by atoms with Gasteiger partial charge in [-0.2, -0.15) is 5.10 Å². The number of aromatic amines is 1. The van der Waals surface area contributed by atoms with Gasteiger partial charge in [0.05, 0.1) is 11.9 Å². The van der Waals surface area contributed by atoms with Gasteiger partial charge in [0, 0.05) is 29.3 Å². The molecule has 0 saturated heterocycles. The fourth-order valence-corrected chi connectivity index (χ4v) is 2.69. The molecule has 0 radical (unpaired) electrons. The zero-order chi connectivity index (χ0) is 16.0. The largest absolute Gasteiger partial charge is 0.383 e. The molecule has 1 aliphatic rings. The summed E-state index contributed by atoms with van der Waals surface area (Å²) in [7, 11) is 0. The van der Waals surface area contributed by atoms with Crippen molar-refractivity contribution < 1.29 is 4.79 Å². The van der Waals surface area contributed by atoms with Crippen LogP contribution in [0, 0.1) is 11.8 Å². The molecule has 7 nitrogen and oxygen atoms in total. The van der Waals surface area contributed by atoms with Crippen molar-refractivity contribution in [2.75, 3.05) is 11.1 Å². The van der Waals surface area contributed by atoms with Crippen molar-refractivity contribution >= 4 is 28.3 Å². The number of rotatable bonds is 3. The Labute approximate surface area is 132 Å². The van der Waals surface area contributed by atoms with Gasteiger partial charge in [0.15, 0.2) is 0 Å². The molecule has 7 heteroatoms. The highest BCUT2D eigenvalue weighted by Gasteiger charge is 2.39. The normalized spacial score (nSPS) is 19.7. The molecule has 4 N–H and O–H groups in total.